The van der Waals surface area contributed by atoms with E-state index in [1.165, 1.54) is 11.1 Å². The van der Waals surface area contributed by atoms with Crippen molar-refractivity contribution in [3.05, 3.63) is 35.4 Å². The molecule has 2 rings (SSSR count). The molecule has 2 N–H and O–H groups in total. The summed E-state index contributed by atoms with van der Waals surface area (Å²) in [5.74, 6) is 0.162. The van der Waals surface area contributed by atoms with Crippen LogP contribution in [0.25, 0.3) is 0 Å². The molecule has 0 fully saturated rings. The molecule has 1 amide bonds. The summed E-state index contributed by atoms with van der Waals surface area (Å²) in [4.78, 5) is 14.2. The van der Waals surface area contributed by atoms with Gasteiger partial charge in [0.25, 0.3) is 0 Å². The van der Waals surface area contributed by atoms with E-state index < -0.39 is 5.41 Å². The molecule has 0 aliphatic carbocycles. The molecule has 0 aromatic heterocycles. The van der Waals surface area contributed by atoms with E-state index in [0.717, 1.165) is 19.5 Å². The van der Waals surface area contributed by atoms with Crippen LogP contribution < -0.4 is 5.73 Å². The van der Waals surface area contributed by atoms with Crippen molar-refractivity contribution in [2.24, 2.45) is 11.1 Å². The highest BCUT2D eigenvalue weighted by molar-refractivity contribution is 5.82. The summed E-state index contributed by atoms with van der Waals surface area (Å²) < 4.78 is 0. The predicted molar refractivity (Wildman–Crippen MR) is 68.4 cm³/mol. The number of carbonyl (C=O) groups is 1. The lowest BCUT2D eigenvalue weighted by Gasteiger charge is -2.34. The average molecular weight is 232 g/mol. The fourth-order valence-electron chi connectivity index (χ4n) is 2.18. The normalized spacial score (nSPS) is 15.6. The van der Waals surface area contributed by atoms with E-state index in [-0.39, 0.29) is 5.91 Å². The van der Waals surface area contributed by atoms with E-state index in [0.29, 0.717) is 6.54 Å². The van der Waals surface area contributed by atoms with Crippen molar-refractivity contribution in [1.82, 2.24) is 4.90 Å². The predicted octanol–water partition coefficient (Wildman–Crippen LogP) is 1.56. The quantitative estimate of drug-likeness (QED) is 0.841. The maximum Gasteiger partial charge on any atom is 0.229 e. The minimum atomic E-state index is -0.452. The van der Waals surface area contributed by atoms with Crippen LogP contribution in [0.15, 0.2) is 24.3 Å². The van der Waals surface area contributed by atoms with Crippen molar-refractivity contribution in [3.8, 4) is 0 Å². The van der Waals surface area contributed by atoms with Crippen molar-refractivity contribution in [1.29, 1.82) is 0 Å². The molecule has 1 aromatic rings. The Morgan fingerprint density at radius 3 is 2.65 bits per heavy atom. The monoisotopic (exact) mass is 232 g/mol. The Labute approximate surface area is 103 Å². The molecule has 0 bridgehead atoms. The lowest BCUT2D eigenvalue weighted by atomic mass is 9.90. The lowest BCUT2D eigenvalue weighted by Crippen LogP contribution is -2.46. The largest absolute Gasteiger partial charge is 0.338 e. The van der Waals surface area contributed by atoms with Gasteiger partial charge in [-0.3, -0.25) is 4.79 Å². The zero-order valence-electron chi connectivity index (χ0n) is 10.6. The van der Waals surface area contributed by atoms with Crippen LogP contribution in [-0.4, -0.2) is 23.9 Å². The maximum absolute atomic E-state index is 12.3. The van der Waals surface area contributed by atoms with Gasteiger partial charge in [-0.1, -0.05) is 24.3 Å². The van der Waals surface area contributed by atoms with Crippen molar-refractivity contribution >= 4 is 5.91 Å². The second kappa shape index (κ2) is 4.49. The molecular formula is C14H20N2O. The van der Waals surface area contributed by atoms with Gasteiger partial charge < -0.3 is 10.6 Å². The smallest absolute Gasteiger partial charge is 0.229 e. The van der Waals surface area contributed by atoms with Crippen LogP contribution in [0.1, 0.15) is 25.0 Å². The van der Waals surface area contributed by atoms with Gasteiger partial charge in [0.1, 0.15) is 0 Å². The summed E-state index contributed by atoms with van der Waals surface area (Å²) in [5.41, 5.74) is 7.84. The van der Waals surface area contributed by atoms with Gasteiger partial charge in [-0.25, -0.2) is 0 Å². The lowest BCUT2D eigenvalue weighted by molar-refractivity contribution is -0.140. The minimum Gasteiger partial charge on any atom is -0.338 e. The van der Waals surface area contributed by atoms with E-state index in [1.807, 2.05) is 24.8 Å². The van der Waals surface area contributed by atoms with Crippen LogP contribution in [0.5, 0.6) is 0 Å². The third-order valence-corrected chi connectivity index (χ3v) is 3.51. The second-order valence-electron chi connectivity index (χ2n) is 5.33. The van der Waals surface area contributed by atoms with Crippen molar-refractivity contribution in [2.75, 3.05) is 13.1 Å². The number of benzene rings is 1. The summed E-state index contributed by atoms with van der Waals surface area (Å²) in [6.07, 6.45) is 0.947. The van der Waals surface area contributed by atoms with Crippen LogP contribution in [0.2, 0.25) is 0 Å². The summed E-state index contributed by atoms with van der Waals surface area (Å²) in [6.45, 7) is 5.74. The molecule has 1 heterocycles. The molecule has 0 spiro atoms. The Morgan fingerprint density at radius 2 is 2.00 bits per heavy atom. The molecule has 17 heavy (non-hydrogen) atoms. The van der Waals surface area contributed by atoms with Crippen LogP contribution in [0.4, 0.5) is 0 Å². The van der Waals surface area contributed by atoms with E-state index in [1.54, 1.807) is 0 Å². The van der Waals surface area contributed by atoms with Crippen molar-refractivity contribution in [3.63, 3.8) is 0 Å². The van der Waals surface area contributed by atoms with Gasteiger partial charge >= 0.3 is 0 Å². The van der Waals surface area contributed by atoms with Gasteiger partial charge in [-0.15, -0.1) is 0 Å². The van der Waals surface area contributed by atoms with E-state index in [2.05, 4.69) is 18.2 Å². The molecule has 1 aliphatic heterocycles. The molecule has 3 heteroatoms. The summed E-state index contributed by atoms with van der Waals surface area (Å²) in [5, 5.41) is 0. The topological polar surface area (TPSA) is 46.3 Å². The number of fused-ring (bicyclic) bond motifs is 1. The van der Waals surface area contributed by atoms with Gasteiger partial charge in [0.05, 0.1) is 5.41 Å². The van der Waals surface area contributed by atoms with Gasteiger partial charge in [-0.05, 0) is 31.4 Å². The summed E-state index contributed by atoms with van der Waals surface area (Å²) >= 11 is 0. The standard InChI is InChI=1S/C14H20N2O/c1-14(2,10-15)13(17)16-8-7-11-5-3-4-6-12(11)9-16/h3-6H,7-10,15H2,1-2H3. The number of amides is 1. The molecule has 0 atom stereocenters. The average Bonchev–Trinajstić information content (AvgIpc) is 2.37. The Balaban J connectivity index is 2.15. The van der Waals surface area contributed by atoms with Crippen molar-refractivity contribution < 1.29 is 4.79 Å². The minimum absolute atomic E-state index is 0.162. The molecular weight excluding hydrogens is 212 g/mol. The molecule has 1 aromatic carbocycles. The maximum atomic E-state index is 12.3. The Hall–Kier alpha value is -1.35. The van der Waals surface area contributed by atoms with Crippen LogP contribution in [0, 0.1) is 5.41 Å². The summed E-state index contributed by atoms with van der Waals surface area (Å²) in [7, 11) is 0. The van der Waals surface area contributed by atoms with E-state index >= 15 is 0 Å². The number of carbonyl (C=O) groups excluding carboxylic acids is 1. The fourth-order valence-corrected chi connectivity index (χ4v) is 2.18. The number of nitrogens with two attached hydrogens (primary N) is 1. The Bertz CT molecular complexity index is 426. The highest BCUT2D eigenvalue weighted by atomic mass is 16.2. The number of rotatable bonds is 2. The van der Waals surface area contributed by atoms with Crippen LogP contribution >= 0.6 is 0 Å². The molecule has 1 aliphatic rings. The Kier molecular flexibility index (Phi) is 3.20. The summed E-state index contributed by atoms with van der Waals surface area (Å²) in [6, 6.07) is 8.33. The first kappa shape index (κ1) is 12.1. The SMILES string of the molecule is CC(C)(CN)C(=O)N1CCc2ccccc2C1. The molecule has 92 valence electrons. The zero-order chi connectivity index (χ0) is 12.5. The van der Waals surface area contributed by atoms with Gasteiger partial charge in [0, 0.05) is 19.6 Å². The molecule has 0 saturated heterocycles. The van der Waals surface area contributed by atoms with Crippen LogP contribution in [-0.2, 0) is 17.8 Å². The number of hydrogen-bond acceptors (Lipinski definition) is 2. The van der Waals surface area contributed by atoms with Crippen molar-refractivity contribution in [2.45, 2.75) is 26.8 Å². The number of nitrogens with zero attached hydrogens (tertiary/aromatic N) is 1. The third-order valence-electron chi connectivity index (χ3n) is 3.51. The van der Waals surface area contributed by atoms with Gasteiger partial charge in [-0.2, -0.15) is 0 Å². The van der Waals surface area contributed by atoms with Crippen LogP contribution in [0.3, 0.4) is 0 Å². The molecule has 0 radical (unpaired) electrons. The van der Waals surface area contributed by atoms with E-state index in [9.17, 15) is 4.79 Å². The first-order chi connectivity index (χ1) is 8.04. The molecule has 3 nitrogen and oxygen atoms in total. The first-order valence-corrected chi connectivity index (χ1v) is 6.11. The first-order valence-electron chi connectivity index (χ1n) is 6.11. The fraction of sp³-hybridized carbons (Fsp3) is 0.500. The zero-order valence-corrected chi connectivity index (χ0v) is 10.6. The highest BCUT2D eigenvalue weighted by Gasteiger charge is 2.32. The van der Waals surface area contributed by atoms with Gasteiger partial charge in [0.15, 0.2) is 0 Å². The third kappa shape index (κ3) is 2.34. The van der Waals surface area contributed by atoms with Gasteiger partial charge in [0.2, 0.25) is 5.91 Å². The highest BCUT2D eigenvalue weighted by Crippen LogP contribution is 2.24. The number of hydrogen-bond donors (Lipinski definition) is 1. The molecule has 0 unspecified atom stereocenters. The Morgan fingerprint density at radius 1 is 1.35 bits per heavy atom. The molecule has 0 saturated carbocycles. The second-order valence-corrected chi connectivity index (χ2v) is 5.33. The van der Waals surface area contributed by atoms with E-state index in [4.69, 9.17) is 5.73 Å².